The molecule has 1 N–H and O–H groups in total. The van der Waals surface area contributed by atoms with Gasteiger partial charge in [0.1, 0.15) is 5.75 Å². The summed E-state index contributed by atoms with van der Waals surface area (Å²) in [6.45, 7) is 2.32. The molecule has 3 aromatic carbocycles. The molecule has 1 fully saturated rings. The van der Waals surface area contributed by atoms with E-state index in [1.165, 1.54) is 4.90 Å². The number of imide groups is 1. The number of urea groups is 1. The minimum absolute atomic E-state index is 0.156. The van der Waals surface area contributed by atoms with Crippen LogP contribution in [-0.4, -0.2) is 34.5 Å². The van der Waals surface area contributed by atoms with Gasteiger partial charge in [0.15, 0.2) is 0 Å². The second-order valence-corrected chi connectivity index (χ2v) is 8.05. The molecule has 1 saturated heterocycles. The Morgan fingerprint density at radius 3 is 2.19 bits per heavy atom. The van der Waals surface area contributed by atoms with E-state index < -0.39 is 0 Å². The minimum Gasteiger partial charge on any atom is -0.508 e. The van der Waals surface area contributed by atoms with Crippen molar-refractivity contribution >= 4 is 17.6 Å². The Kier molecular flexibility index (Phi) is 6.03. The number of phenols is 1. The zero-order valence-electron chi connectivity index (χ0n) is 17.5. The molecule has 0 radical (unpaired) electrons. The Labute approximate surface area is 182 Å². The number of amides is 3. The Balaban J connectivity index is 1.59. The maximum atomic E-state index is 13.4. The fourth-order valence-electron chi connectivity index (χ4n) is 4.11. The molecular weight excluding hydrogens is 388 g/mol. The molecule has 31 heavy (non-hydrogen) atoms. The van der Waals surface area contributed by atoms with Crippen LogP contribution in [0.2, 0.25) is 0 Å². The maximum absolute atomic E-state index is 13.4. The van der Waals surface area contributed by atoms with Gasteiger partial charge in [0, 0.05) is 18.2 Å². The van der Waals surface area contributed by atoms with E-state index in [1.807, 2.05) is 79.7 Å². The fraction of sp³-hybridized carbons (Fsp3) is 0.231. The summed E-state index contributed by atoms with van der Waals surface area (Å²) in [5.41, 5.74) is 2.83. The highest BCUT2D eigenvalue weighted by molar-refractivity contribution is 6.05. The van der Waals surface area contributed by atoms with Gasteiger partial charge in [-0.05, 0) is 48.2 Å². The summed E-state index contributed by atoms with van der Waals surface area (Å²) in [7, 11) is 0. The van der Waals surface area contributed by atoms with Gasteiger partial charge in [0.25, 0.3) is 0 Å². The number of para-hydroxylation sites is 1. The molecule has 5 nitrogen and oxygen atoms in total. The molecule has 1 aliphatic rings. The number of hydrogen-bond donors (Lipinski definition) is 1. The first-order valence-electron chi connectivity index (χ1n) is 10.5. The number of anilines is 1. The first-order valence-corrected chi connectivity index (χ1v) is 10.5. The van der Waals surface area contributed by atoms with Crippen LogP contribution in [-0.2, 0) is 17.6 Å². The number of carbonyl (C=O) groups is 2. The van der Waals surface area contributed by atoms with Crippen molar-refractivity contribution in [3.63, 3.8) is 0 Å². The third kappa shape index (κ3) is 4.61. The standard InChI is InChI=1S/C26H26N2O3/c1-19(16-20-8-4-2-5-9-20)25(30)28-23(17-21-12-14-24(29)15-13-21)18-27(26(28)31)22-10-6-3-7-11-22/h2-15,19,23,29H,16-18H2,1H3/t19-,23+/m1/s1. The monoisotopic (exact) mass is 414 g/mol. The van der Waals surface area contributed by atoms with E-state index in [4.69, 9.17) is 0 Å². The molecule has 0 aliphatic carbocycles. The van der Waals surface area contributed by atoms with Crippen molar-refractivity contribution in [3.05, 3.63) is 96.1 Å². The topological polar surface area (TPSA) is 60.9 Å². The zero-order valence-corrected chi connectivity index (χ0v) is 17.5. The molecule has 0 aromatic heterocycles. The van der Waals surface area contributed by atoms with Crippen molar-refractivity contribution in [2.24, 2.45) is 5.92 Å². The molecule has 4 rings (SSSR count). The van der Waals surface area contributed by atoms with Crippen molar-refractivity contribution in [1.29, 1.82) is 0 Å². The second-order valence-electron chi connectivity index (χ2n) is 8.05. The first-order chi connectivity index (χ1) is 15.0. The number of aromatic hydroxyl groups is 1. The van der Waals surface area contributed by atoms with E-state index in [1.54, 1.807) is 17.0 Å². The van der Waals surface area contributed by atoms with Crippen molar-refractivity contribution < 1.29 is 14.7 Å². The largest absolute Gasteiger partial charge is 0.508 e. The Bertz CT molecular complexity index is 1040. The number of benzene rings is 3. The van der Waals surface area contributed by atoms with Crippen LogP contribution in [0.4, 0.5) is 10.5 Å². The number of nitrogens with zero attached hydrogens (tertiary/aromatic N) is 2. The quantitative estimate of drug-likeness (QED) is 0.639. The van der Waals surface area contributed by atoms with Crippen LogP contribution < -0.4 is 4.90 Å². The van der Waals surface area contributed by atoms with Gasteiger partial charge in [0.2, 0.25) is 5.91 Å². The lowest BCUT2D eigenvalue weighted by Gasteiger charge is -2.25. The summed E-state index contributed by atoms with van der Waals surface area (Å²) in [5.74, 6) is -0.276. The summed E-state index contributed by atoms with van der Waals surface area (Å²) in [6.07, 6.45) is 1.12. The van der Waals surface area contributed by atoms with Crippen molar-refractivity contribution in [2.75, 3.05) is 11.4 Å². The molecule has 2 atom stereocenters. The number of rotatable bonds is 6. The van der Waals surface area contributed by atoms with Crippen LogP contribution in [0.5, 0.6) is 5.75 Å². The van der Waals surface area contributed by atoms with E-state index in [-0.39, 0.29) is 29.6 Å². The highest BCUT2D eigenvalue weighted by atomic mass is 16.3. The van der Waals surface area contributed by atoms with E-state index in [2.05, 4.69) is 0 Å². The molecule has 1 aliphatic heterocycles. The second kappa shape index (κ2) is 9.04. The Morgan fingerprint density at radius 2 is 1.55 bits per heavy atom. The third-order valence-electron chi connectivity index (χ3n) is 5.71. The van der Waals surface area contributed by atoms with Crippen molar-refractivity contribution in [3.8, 4) is 5.75 Å². The molecule has 3 amide bonds. The van der Waals surface area contributed by atoms with Gasteiger partial charge >= 0.3 is 6.03 Å². The van der Waals surface area contributed by atoms with Gasteiger partial charge in [-0.25, -0.2) is 4.79 Å². The van der Waals surface area contributed by atoms with Crippen LogP contribution in [0.3, 0.4) is 0 Å². The zero-order chi connectivity index (χ0) is 21.8. The summed E-state index contributed by atoms with van der Waals surface area (Å²) in [6, 6.07) is 25.7. The lowest BCUT2D eigenvalue weighted by atomic mass is 9.98. The van der Waals surface area contributed by atoms with E-state index >= 15 is 0 Å². The maximum Gasteiger partial charge on any atom is 0.331 e. The smallest absolute Gasteiger partial charge is 0.331 e. The molecule has 158 valence electrons. The average molecular weight is 415 g/mol. The molecular formula is C26H26N2O3. The molecule has 5 heteroatoms. The van der Waals surface area contributed by atoms with Crippen LogP contribution in [0.1, 0.15) is 18.1 Å². The van der Waals surface area contributed by atoms with Gasteiger partial charge in [0.05, 0.1) is 6.04 Å². The van der Waals surface area contributed by atoms with Gasteiger partial charge in [-0.3, -0.25) is 14.6 Å². The van der Waals surface area contributed by atoms with Gasteiger partial charge in [-0.2, -0.15) is 0 Å². The Hall–Kier alpha value is -3.60. The van der Waals surface area contributed by atoms with E-state index in [0.29, 0.717) is 19.4 Å². The lowest BCUT2D eigenvalue weighted by Crippen LogP contribution is -2.44. The van der Waals surface area contributed by atoms with Crippen LogP contribution in [0.25, 0.3) is 0 Å². The predicted octanol–water partition coefficient (Wildman–Crippen LogP) is 4.65. The first kappa shape index (κ1) is 20.7. The molecule has 0 saturated carbocycles. The average Bonchev–Trinajstić information content (AvgIpc) is 3.11. The molecule has 0 spiro atoms. The van der Waals surface area contributed by atoms with E-state index in [0.717, 1.165) is 16.8 Å². The van der Waals surface area contributed by atoms with Gasteiger partial charge < -0.3 is 5.11 Å². The predicted molar refractivity (Wildman–Crippen MR) is 121 cm³/mol. The summed E-state index contributed by atoms with van der Waals surface area (Å²) in [4.78, 5) is 29.9. The lowest BCUT2D eigenvalue weighted by molar-refractivity contribution is -0.132. The number of phenolic OH excluding ortho intramolecular Hbond substituents is 1. The van der Waals surface area contributed by atoms with Crippen LogP contribution >= 0.6 is 0 Å². The third-order valence-corrected chi connectivity index (χ3v) is 5.71. The highest BCUT2D eigenvalue weighted by Crippen LogP contribution is 2.28. The molecule has 0 bridgehead atoms. The Morgan fingerprint density at radius 1 is 0.935 bits per heavy atom. The summed E-state index contributed by atoms with van der Waals surface area (Å²) < 4.78 is 0. The molecule has 1 heterocycles. The van der Waals surface area contributed by atoms with Crippen LogP contribution in [0, 0.1) is 5.92 Å². The normalized spacial score (nSPS) is 17.1. The van der Waals surface area contributed by atoms with Crippen molar-refractivity contribution in [1.82, 2.24) is 4.90 Å². The molecule has 0 unspecified atom stereocenters. The van der Waals surface area contributed by atoms with Gasteiger partial charge in [-0.1, -0.05) is 67.6 Å². The number of carbonyl (C=O) groups excluding carboxylic acids is 2. The SMILES string of the molecule is C[C@H](Cc1ccccc1)C(=O)N1C(=O)N(c2ccccc2)C[C@@H]1Cc1ccc(O)cc1. The van der Waals surface area contributed by atoms with Crippen LogP contribution in [0.15, 0.2) is 84.9 Å². The minimum atomic E-state index is -0.315. The van der Waals surface area contributed by atoms with E-state index in [9.17, 15) is 14.7 Å². The fourth-order valence-corrected chi connectivity index (χ4v) is 4.11. The summed E-state index contributed by atoms with van der Waals surface area (Å²) >= 11 is 0. The molecule has 3 aromatic rings. The van der Waals surface area contributed by atoms with Crippen molar-refractivity contribution in [2.45, 2.75) is 25.8 Å². The highest BCUT2D eigenvalue weighted by Gasteiger charge is 2.43. The van der Waals surface area contributed by atoms with Gasteiger partial charge in [-0.15, -0.1) is 0 Å². The summed E-state index contributed by atoms with van der Waals surface area (Å²) in [5, 5.41) is 9.58. The number of hydrogen-bond acceptors (Lipinski definition) is 3.